The summed E-state index contributed by atoms with van der Waals surface area (Å²) in [5.41, 5.74) is 0.814. The first-order valence-corrected chi connectivity index (χ1v) is 17.1. The standard InChI is InChI=1S/C17H22N4O4S.C10H16O5S/c1-17(2,26(23,24)13-8-10-25-11-9-13)15(22)19-16-18-14(20-21-16)12-6-4-3-5-7-12;11-9(12)10(4-1-5-10)16(13,14)8-2-6-15-7-3-8/h3-7,13H,8-11H2,1-2H3,(H2,18,19,20,21,22);8H,1-7H2,(H,11,12). The summed E-state index contributed by atoms with van der Waals surface area (Å²) in [5.74, 6) is -1.29. The average molecular weight is 627 g/mol. The van der Waals surface area contributed by atoms with Gasteiger partial charge in [0.05, 0.1) is 10.5 Å². The Morgan fingerprint density at radius 1 is 0.952 bits per heavy atom. The molecule has 13 nitrogen and oxygen atoms in total. The SMILES string of the molecule is CC(C)(C(=O)Nc1n[nH]c(-c2ccccc2)n1)S(=O)(=O)C1CCOCC1.O=C(O)C1(S(=O)(=O)C2CCOCC2)CCC1. The quantitative estimate of drug-likeness (QED) is 0.389. The molecule has 232 valence electrons. The molecule has 0 spiro atoms. The van der Waals surface area contributed by atoms with E-state index in [1.54, 1.807) is 0 Å². The number of hydrogen-bond donors (Lipinski definition) is 3. The fraction of sp³-hybridized carbons (Fsp3) is 0.630. The second-order valence-electron chi connectivity index (χ2n) is 11.2. The number of carboxylic acid groups (broad SMARTS) is 1. The van der Waals surface area contributed by atoms with Crippen LogP contribution in [0.2, 0.25) is 0 Å². The van der Waals surface area contributed by atoms with Gasteiger partial charge in [-0.25, -0.2) is 16.8 Å². The minimum atomic E-state index is -3.68. The van der Waals surface area contributed by atoms with Gasteiger partial charge in [0, 0.05) is 32.0 Å². The summed E-state index contributed by atoms with van der Waals surface area (Å²) in [6.45, 7) is 4.45. The molecule has 3 fully saturated rings. The highest BCUT2D eigenvalue weighted by molar-refractivity contribution is 7.94. The highest BCUT2D eigenvalue weighted by Gasteiger charge is 2.57. The molecule has 1 amide bonds. The third kappa shape index (κ3) is 6.24. The molecule has 15 heteroatoms. The lowest BCUT2D eigenvalue weighted by Gasteiger charge is -2.40. The van der Waals surface area contributed by atoms with Gasteiger partial charge in [0.2, 0.25) is 11.9 Å². The Morgan fingerprint density at radius 3 is 2.00 bits per heavy atom. The van der Waals surface area contributed by atoms with Gasteiger partial charge in [-0.2, -0.15) is 4.98 Å². The number of carbonyl (C=O) groups is 2. The second-order valence-corrected chi connectivity index (χ2v) is 16.5. The second kappa shape index (κ2) is 12.8. The van der Waals surface area contributed by atoms with E-state index in [1.165, 1.54) is 13.8 Å². The topological polar surface area (TPSA) is 195 Å². The lowest BCUT2D eigenvalue weighted by molar-refractivity contribution is -0.142. The third-order valence-electron chi connectivity index (χ3n) is 8.33. The predicted molar refractivity (Wildman–Crippen MR) is 154 cm³/mol. The van der Waals surface area contributed by atoms with Crippen LogP contribution in [0.5, 0.6) is 0 Å². The monoisotopic (exact) mass is 626 g/mol. The number of carboxylic acids is 1. The van der Waals surface area contributed by atoms with E-state index in [4.69, 9.17) is 14.6 Å². The molecular formula is C27H38N4O9S2. The Kier molecular flexibility index (Phi) is 9.75. The minimum Gasteiger partial charge on any atom is -0.480 e. The van der Waals surface area contributed by atoms with E-state index in [9.17, 15) is 26.4 Å². The van der Waals surface area contributed by atoms with E-state index in [1.807, 2.05) is 30.3 Å². The molecule has 1 aliphatic carbocycles. The molecule has 2 aromatic rings. The Labute approximate surface area is 245 Å². The van der Waals surface area contributed by atoms with Crippen LogP contribution in [0.15, 0.2) is 30.3 Å². The summed E-state index contributed by atoms with van der Waals surface area (Å²) in [6, 6.07) is 9.31. The first kappa shape index (κ1) is 32.0. The Balaban J connectivity index is 0.000000216. The maximum Gasteiger partial charge on any atom is 0.325 e. The zero-order valence-corrected chi connectivity index (χ0v) is 25.4. The van der Waals surface area contributed by atoms with Crippen molar-refractivity contribution in [2.45, 2.75) is 78.8 Å². The van der Waals surface area contributed by atoms with Crippen molar-refractivity contribution in [2.24, 2.45) is 0 Å². The Morgan fingerprint density at radius 2 is 1.50 bits per heavy atom. The van der Waals surface area contributed by atoms with Crippen molar-refractivity contribution in [3.8, 4) is 11.4 Å². The molecule has 0 bridgehead atoms. The normalized spacial score (nSPS) is 20.0. The van der Waals surface area contributed by atoms with E-state index < -0.39 is 51.5 Å². The number of aromatic amines is 1. The van der Waals surface area contributed by atoms with Crippen molar-refractivity contribution in [3.05, 3.63) is 30.3 Å². The molecule has 3 heterocycles. The van der Waals surface area contributed by atoms with E-state index in [0.717, 1.165) is 5.56 Å². The molecule has 3 N–H and O–H groups in total. The highest BCUT2D eigenvalue weighted by Crippen LogP contribution is 2.43. The van der Waals surface area contributed by atoms with Gasteiger partial charge >= 0.3 is 5.97 Å². The minimum absolute atomic E-state index is 0.0455. The fourth-order valence-corrected chi connectivity index (χ4v) is 9.76. The summed E-state index contributed by atoms with van der Waals surface area (Å²) in [6.07, 6.45) is 2.88. The molecule has 1 aromatic heterocycles. The number of benzene rings is 1. The Bertz CT molecular complexity index is 1460. The summed E-state index contributed by atoms with van der Waals surface area (Å²) in [5, 5.41) is 17.2. The van der Waals surface area contributed by atoms with Crippen molar-refractivity contribution in [3.63, 3.8) is 0 Å². The summed E-state index contributed by atoms with van der Waals surface area (Å²) < 4.78 is 57.6. The van der Waals surface area contributed by atoms with Gasteiger partial charge in [0.1, 0.15) is 4.75 Å². The maximum absolute atomic E-state index is 12.9. The van der Waals surface area contributed by atoms with Crippen molar-refractivity contribution >= 4 is 37.5 Å². The molecule has 2 aliphatic heterocycles. The van der Waals surface area contributed by atoms with Crippen LogP contribution in [0.4, 0.5) is 5.95 Å². The van der Waals surface area contributed by atoms with E-state index in [2.05, 4.69) is 20.5 Å². The van der Waals surface area contributed by atoms with Crippen LogP contribution in [0.25, 0.3) is 11.4 Å². The number of hydrogen-bond acceptors (Lipinski definition) is 10. The van der Waals surface area contributed by atoms with Crippen LogP contribution in [-0.2, 0) is 38.7 Å². The Hall–Kier alpha value is -2.88. The largest absolute Gasteiger partial charge is 0.480 e. The molecule has 3 aliphatic rings. The number of anilines is 1. The van der Waals surface area contributed by atoms with E-state index in [0.29, 0.717) is 64.4 Å². The number of rotatable bonds is 8. The number of aliphatic carboxylic acids is 1. The van der Waals surface area contributed by atoms with Crippen LogP contribution in [0.3, 0.4) is 0 Å². The van der Waals surface area contributed by atoms with Gasteiger partial charge in [-0.1, -0.05) is 30.3 Å². The van der Waals surface area contributed by atoms with E-state index in [-0.39, 0.29) is 18.8 Å². The van der Waals surface area contributed by atoms with Crippen molar-refractivity contribution in [2.75, 3.05) is 31.7 Å². The number of nitrogens with one attached hydrogen (secondary N) is 2. The molecule has 0 atom stereocenters. The van der Waals surface area contributed by atoms with Gasteiger partial charge in [0.15, 0.2) is 30.2 Å². The van der Waals surface area contributed by atoms with Crippen LogP contribution in [-0.4, -0.2) is 95.4 Å². The molecule has 1 aromatic carbocycles. The predicted octanol–water partition coefficient (Wildman–Crippen LogP) is 2.37. The molecule has 42 heavy (non-hydrogen) atoms. The number of amides is 1. The highest BCUT2D eigenvalue weighted by atomic mass is 32.2. The zero-order chi connectivity index (χ0) is 30.6. The average Bonchev–Trinajstić information content (AvgIpc) is 3.42. The molecule has 0 unspecified atom stereocenters. The van der Waals surface area contributed by atoms with Gasteiger partial charge in [-0.15, -0.1) is 5.10 Å². The van der Waals surface area contributed by atoms with Crippen molar-refractivity contribution in [1.29, 1.82) is 0 Å². The zero-order valence-electron chi connectivity index (χ0n) is 23.7. The summed E-state index contributed by atoms with van der Waals surface area (Å²) in [4.78, 5) is 28.1. The van der Waals surface area contributed by atoms with Gasteiger partial charge in [-0.05, 0) is 58.8 Å². The van der Waals surface area contributed by atoms with Crippen LogP contribution < -0.4 is 5.32 Å². The number of aromatic nitrogens is 3. The first-order chi connectivity index (χ1) is 19.8. The first-order valence-electron chi connectivity index (χ1n) is 14.0. The molecular weight excluding hydrogens is 588 g/mol. The number of H-pyrrole nitrogens is 1. The molecule has 0 radical (unpaired) electrons. The number of sulfone groups is 2. The molecule has 2 saturated heterocycles. The van der Waals surface area contributed by atoms with Crippen LogP contribution in [0, 0.1) is 0 Å². The smallest absolute Gasteiger partial charge is 0.325 e. The van der Waals surface area contributed by atoms with Gasteiger partial charge < -0.3 is 14.6 Å². The lowest BCUT2D eigenvalue weighted by Crippen LogP contribution is -2.56. The summed E-state index contributed by atoms with van der Waals surface area (Å²) >= 11 is 0. The van der Waals surface area contributed by atoms with Crippen LogP contribution in [0.1, 0.15) is 58.8 Å². The van der Waals surface area contributed by atoms with Crippen LogP contribution >= 0.6 is 0 Å². The van der Waals surface area contributed by atoms with E-state index >= 15 is 0 Å². The summed E-state index contributed by atoms with van der Waals surface area (Å²) in [7, 11) is -7.25. The lowest BCUT2D eigenvalue weighted by atomic mass is 9.84. The van der Waals surface area contributed by atoms with Crippen molar-refractivity contribution in [1.82, 2.24) is 15.2 Å². The number of ether oxygens (including phenoxy) is 2. The fourth-order valence-electron chi connectivity index (χ4n) is 5.25. The number of carbonyl (C=O) groups excluding carboxylic acids is 1. The molecule has 1 saturated carbocycles. The van der Waals surface area contributed by atoms with Gasteiger partial charge in [-0.3, -0.25) is 20.0 Å². The van der Waals surface area contributed by atoms with Gasteiger partial charge in [0.25, 0.3) is 0 Å². The maximum atomic E-state index is 12.9. The molecule has 5 rings (SSSR count). The third-order valence-corrected chi connectivity index (χ3v) is 14.3. The number of nitrogens with zero attached hydrogens (tertiary/aromatic N) is 2. The van der Waals surface area contributed by atoms with Crippen molar-refractivity contribution < 1.29 is 41.0 Å².